The van der Waals surface area contributed by atoms with Crippen LogP contribution in [0.4, 0.5) is 4.39 Å². The van der Waals surface area contributed by atoms with Crippen LogP contribution in [0, 0.1) is 5.82 Å². The minimum atomic E-state index is -0.285. The van der Waals surface area contributed by atoms with Crippen molar-refractivity contribution >= 4 is 16.8 Å². The van der Waals surface area contributed by atoms with Crippen LogP contribution in [0.2, 0.25) is 0 Å². The topological polar surface area (TPSA) is 48.1 Å². The molecule has 5 heteroatoms. The number of aromatic amines is 1. The number of amides is 1. The van der Waals surface area contributed by atoms with Crippen LogP contribution in [0.5, 0.6) is 0 Å². The van der Waals surface area contributed by atoms with E-state index in [0.717, 1.165) is 54.5 Å². The molecule has 0 fully saturated rings. The van der Waals surface area contributed by atoms with Crippen LogP contribution in [0.3, 0.4) is 0 Å². The van der Waals surface area contributed by atoms with Gasteiger partial charge in [-0.05, 0) is 68.7 Å². The highest BCUT2D eigenvalue weighted by molar-refractivity contribution is 5.86. The van der Waals surface area contributed by atoms with Crippen LogP contribution in [0.1, 0.15) is 57.1 Å². The standard InChI is InChI=1S/C26H34FN3O/c1-4-30(5-2)15-9-10-19(3)29-26(31)17-23(20-11-8-12-21(27)16-20)24-18-28-25-14-7-6-13-22(24)25/h6-8,11-14,16,18-19,23,28H,4-5,9-10,15,17H2,1-3H3,(H,29,31)/t19-,23-/m0/s1. The molecule has 0 saturated carbocycles. The maximum Gasteiger partial charge on any atom is 0.221 e. The molecular weight excluding hydrogens is 389 g/mol. The Balaban J connectivity index is 1.71. The molecule has 2 aromatic carbocycles. The second kappa shape index (κ2) is 11.1. The zero-order valence-electron chi connectivity index (χ0n) is 18.8. The number of rotatable bonds is 11. The summed E-state index contributed by atoms with van der Waals surface area (Å²) in [5.74, 6) is -0.503. The van der Waals surface area contributed by atoms with Gasteiger partial charge in [-0.3, -0.25) is 4.79 Å². The van der Waals surface area contributed by atoms with Crippen molar-refractivity contribution in [2.24, 2.45) is 0 Å². The number of H-pyrrole nitrogens is 1. The molecule has 4 nitrogen and oxygen atoms in total. The molecule has 3 aromatic rings. The second-order valence-electron chi connectivity index (χ2n) is 8.24. The van der Waals surface area contributed by atoms with Crippen molar-refractivity contribution in [1.29, 1.82) is 0 Å². The van der Waals surface area contributed by atoms with Crippen molar-refractivity contribution in [1.82, 2.24) is 15.2 Å². The van der Waals surface area contributed by atoms with Gasteiger partial charge in [0.2, 0.25) is 5.91 Å². The van der Waals surface area contributed by atoms with Gasteiger partial charge in [-0.15, -0.1) is 0 Å². The number of hydrogen-bond donors (Lipinski definition) is 2. The number of halogens is 1. The molecule has 31 heavy (non-hydrogen) atoms. The first-order valence-electron chi connectivity index (χ1n) is 11.3. The quantitative estimate of drug-likeness (QED) is 0.430. The summed E-state index contributed by atoms with van der Waals surface area (Å²) in [4.78, 5) is 18.6. The lowest BCUT2D eigenvalue weighted by molar-refractivity contribution is -0.121. The molecule has 0 aliphatic carbocycles. The van der Waals surface area contributed by atoms with Crippen LogP contribution in [-0.2, 0) is 4.79 Å². The SMILES string of the molecule is CCN(CC)CCC[C@H](C)NC(=O)C[C@@H](c1cccc(F)c1)c1c[nH]c2ccccc12. The van der Waals surface area contributed by atoms with Crippen LogP contribution in [0.25, 0.3) is 10.9 Å². The van der Waals surface area contributed by atoms with Crippen LogP contribution < -0.4 is 5.32 Å². The number of nitrogens with one attached hydrogen (secondary N) is 2. The largest absolute Gasteiger partial charge is 0.361 e. The number of aromatic nitrogens is 1. The van der Waals surface area contributed by atoms with Gasteiger partial charge < -0.3 is 15.2 Å². The molecule has 0 saturated heterocycles. The summed E-state index contributed by atoms with van der Waals surface area (Å²) in [6.45, 7) is 9.56. The highest BCUT2D eigenvalue weighted by Crippen LogP contribution is 2.33. The van der Waals surface area contributed by atoms with Crippen LogP contribution >= 0.6 is 0 Å². The lowest BCUT2D eigenvalue weighted by Gasteiger charge is -2.21. The number of fused-ring (bicyclic) bond motifs is 1. The average Bonchev–Trinajstić information content (AvgIpc) is 3.19. The Morgan fingerprint density at radius 1 is 1.13 bits per heavy atom. The number of para-hydroxylation sites is 1. The zero-order valence-corrected chi connectivity index (χ0v) is 18.8. The van der Waals surface area contributed by atoms with E-state index in [-0.39, 0.29) is 30.1 Å². The van der Waals surface area contributed by atoms with Crippen LogP contribution in [-0.4, -0.2) is 41.5 Å². The number of carbonyl (C=O) groups excluding carboxylic acids is 1. The fraction of sp³-hybridized carbons (Fsp3) is 0.423. The number of carbonyl (C=O) groups is 1. The number of nitrogens with zero attached hydrogens (tertiary/aromatic N) is 1. The predicted molar refractivity (Wildman–Crippen MR) is 126 cm³/mol. The molecule has 0 aliphatic rings. The van der Waals surface area contributed by atoms with Gasteiger partial charge in [-0.2, -0.15) is 0 Å². The Hall–Kier alpha value is -2.66. The smallest absolute Gasteiger partial charge is 0.221 e. The van der Waals surface area contributed by atoms with Crippen molar-refractivity contribution < 1.29 is 9.18 Å². The van der Waals surface area contributed by atoms with Crippen molar-refractivity contribution in [3.63, 3.8) is 0 Å². The first-order chi connectivity index (χ1) is 15.0. The first kappa shape index (κ1) is 23.0. The summed E-state index contributed by atoms with van der Waals surface area (Å²) in [7, 11) is 0. The van der Waals surface area contributed by atoms with Gasteiger partial charge in [0.15, 0.2) is 0 Å². The summed E-state index contributed by atoms with van der Waals surface area (Å²) in [6.07, 6.45) is 4.23. The number of hydrogen-bond acceptors (Lipinski definition) is 2. The summed E-state index contributed by atoms with van der Waals surface area (Å²) >= 11 is 0. The Morgan fingerprint density at radius 3 is 2.65 bits per heavy atom. The summed E-state index contributed by atoms with van der Waals surface area (Å²) < 4.78 is 14.0. The van der Waals surface area contributed by atoms with E-state index < -0.39 is 0 Å². The molecule has 166 valence electrons. The lowest BCUT2D eigenvalue weighted by Crippen LogP contribution is -2.34. The normalized spacial score (nSPS) is 13.5. The third-order valence-corrected chi connectivity index (χ3v) is 6.05. The highest BCUT2D eigenvalue weighted by atomic mass is 19.1. The van der Waals surface area contributed by atoms with E-state index in [1.54, 1.807) is 6.07 Å². The van der Waals surface area contributed by atoms with Gasteiger partial charge in [-0.25, -0.2) is 4.39 Å². The van der Waals surface area contributed by atoms with E-state index in [4.69, 9.17) is 0 Å². The fourth-order valence-corrected chi connectivity index (χ4v) is 4.27. The molecule has 2 atom stereocenters. The summed E-state index contributed by atoms with van der Waals surface area (Å²) in [5, 5.41) is 4.22. The van der Waals surface area contributed by atoms with Gasteiger partial charge in [0.05, 0.1) is 0 Å². The van der Waals surface area contributed by atoms with E-state index in [1.807, 2.05) is 36.5 Å². The molecule has 1 amide bonds. The molecule has 0 bridgehead atoms. The zero-order chi connectivity index (χ0) is 22.2. The average molecular weight is 424 g/mol. The monoisotopic (exact) mass is 423 g/mol. The Kier molecular flexibility index (Phi) is 8.24. The molecule has 3 rings (SSSR count). The van der Waals surface area contributed by atoms with E-state index in [1.165, 1.54) is 12.1 Å². The minimum absolute atomic E-state index is 0.00474. The third-order valence-electron chi connectivity index (χ3n) is 6.05. The van der Waals surface area contributed by atoms with Gasteiger partial charge in [0, 0.05) is 35.5 Å². The van der Waals surface area contributed by atoms with E-state index in [2.05, 4.69) is 36.0 Å². The van der Waals surface area contributed by atoms with Crippen molar-refractivity contribution in [2.45, 2.75) is 52.0 Å². The summed E-state index contributed by atoms with van der Waals surface area (Å²) in [5.41, 5.74) is 2.85. The molecule has 0 aliphatic heterocycles. The molecule has 0 unspecified atom stereocenters. The Bertz CT molecular complexity index is 979. The second-order valence-corrected chi connectivity index (χ2v) is 8.24. The molecule has 2 N–H and O–H groups in total. The Labute approximate surface area is 184 Å². The van der Waals surface area contributed by atoms with E-state index >= 15 is 0 Å². The van der Waals surface area contributed by atoms with Gasteiger partial charge in [-0.1, -0.05) is 44.2 Å². The molecule has 1 aromatic heterocycles. The van der Waals surface area contributed by atoms with Gasteiger partial charge >= 0.3 is 0 Å². The molecule has 0 spiro atoms. The molecule has 0 radical (unpaired) electrons. The predicted octanol–water partition coefficient (Wildman–Crippen LogP) is 5.46. The first-order valence-corrected chi connectivity index (χ1v) is 11.3. The lowest BCUT2D eigenvalue weighted by atomic mass is 9.88. The van der Waals surface area contributed by atoms with Crippen molar-refractivity contribution in [3.05, 3.63) is 71.7 Å². The summed E-state index contributed by atoms with van der Waals surface area (Å²) in [6, 6.07) is 14.7. The Morgan fingerprint density at radius 2 is 1.90 bits per heavy atom. The van der Waals surface area contributed by atoms with Gasteiger partial charge in [0.25, 0.3) is 0 Å². The number of benzene rings is 2. The molecular formula is C26H34FN3O. The highest BCUT2D eigenvalue weighted by Gasteiger charge is 2.22. The third kappa shape index (κ3) is 6.17. The molecule has 1 heterocycles. The maximum atomic E-state index is 14.0. The maximum absolute atomic E-state index is 14.0. The van der Waals surface area contributed by atoms with Gasteiger partial charge in [0.1, 0.15) is 5.82 Å². The van der Waals surface area contributed by atoms with Crippen molar-refractivity contribution in [2.75, 3.05) is 19.6 Å². The fourth-order valence-electron chi connectivity index (χ4n) is 4.27. The minimum Gasteiger partial charge on any atom is -0.361 e. The van der Waals surface area contributed by atoms with Crippen LogP contribution in [0.15, 0.2) is 54.7 Å². The van der Waals surface area contributed by atoms with Crippen molar-refractivity contribution in [3.8, 4) is 0 Å². The van der Waals surface area contributed by atoms with E-state index in [9.17, 15) is 9.18 Å². The van der Waals surface area contributed by atoms with E-state index in [0.29, 0.717) is 0 Å².